The summed E-state index contributed by atoms with van der Waals surface area (Å²) < 4.78 is 5.30. The van der Waals surface area contributed by atoms with E-state index >= 15 is 0 Å². The van der Waals surface area contributed by atoms with Gasteiger partial charge in [0.2, 0.25) is 0 Å². The fourth-order valence-electron chi connectivity index (χ4n) is 3.10. The van der Waals surface area contributed by atoms with Gasteiger partial charge in [0.05, 0.1) is 12.2 Å². The van der Waals surface area contributed by atoms with Crippen molar-refractivity contribution in [3.05, 3.63) is 53.6 Å². The summed E-state index contributed by atoms with van der Waals surface area (Å²) in [6.45, 7) is 1.04. The van der Waals surface area contributed by atoms with Crippen molar-refractivity contribution in [1.82, 2.24) is 15.0 Å². The normalized spacial score (nSPS) is 16.4. The monoisotopic (exact) mass is 380 g/mol. The number of carbonyl (C=O) groups excluding carboxylic acids is 2. The Kier molecular flexibility index (Phi) is 4.74. The third kappa shape index (κ3) is 3.36. The quantitative estimate of drug-likeness (QED) is 0.682. The molecule has 1 saturated heterocycles. The first-order valence-electron chi connectivity index (χ1n) is 8.41. The molecule has 27 heavy (non-hydrogen) atoms. The smallest absolute Gasteiger partial charge is 0.250 e. The number of nitrogens with two attached hydrogens (primary N) is 1. The van der Waals surface area contributed by atoms with Gasteiger partial charge >= 0.3 is 0 Å². The summed E-state index contributed by atoms with van der Waals surface area (Å²) in [6.07, 6.45) is 7.07. The summed E-state index contributed by atoms with van der Waals surface area (Å²) in [7, 11) is 0. The number of ether oxygens (including phenoxy) is 1. The number of carbonyl (C=O) groups is 2. The average molecular weight is 380 g/mol. The van der Waals surface area contributed by atoms with Gasteiger partial charge in [0.1, 0.15) is 10.7 Å². The maximum Gasteiger partial charge on any atom is 0.250 e. The van der Waals surface area contributed by atoms with Gasteiger partial charge in [-0.15, -0.1) is 11.3 Å². The molecule has 136 valence electrons. The highest BCUT2D eigenvalue weighted by molar-refractivity contribution is 7.13. The number of hydrogen-bond acceptors (Lipinski definition) is 7. The van der Waals surface area contributed by atoms with Gasteiger partial charge < -0.3 is 10.5 Å². The summed E-state index contributed by atoms with van der Waals surface area (Å²) in [5.41, 5.74) is 8.34. The van der Waals surface area contributed by atoms with Gasteiger partial charge in [-0.2, -0.15) is 0 Å². The lowest BCUT2D eigenvalue weighted by atomic mass is 9.97. The summed E-state index contributed by atoms with van der Waals surface area (Å²) in [4.78, 5) is 37.2. The molecule has 0 aliphatic carbocycles. The molecule has 2 N–H and O–H groups in total. The highest BCUT2D eigenvalue weighted by Gasteiger charge is 2.27. The van der Waals surface area contributed by atoms with E-state index in [4.69, 9.17) is 10.5 Å². The first kappa shape index (κ1) is 17.4. The number of rotatable bonds is 5. The molecule has 0 saturated carbocycles. The van der Waals surface area contributed by atoms with Crippen molar-refractivity contribution in [2.45, 2.75) is 6.42 Å². The van der Waals surface area contributed by atoms with Crippen LogP contribution in [0.1, 0.15) is 27.3 Å². The lowest BCUT2D eigenvalue weighted by Gasteiger charge is -2.11. The maximum atomic E-state index is 12.6. The van der Waals surface area contributed by atoms with E-state index in [2.05, 4.69) is 15.0 Å². The number of hydrogen-bond donors (Lipinski definition) is 1. The third-order valence-corrected chi connectivity index (χ3v) is 5.34. The predicted molar refractivity (Wildman–Crippen MR) is 100 cm³/mol. The van der Waals surface area contributed by atoms with Crippen LogP contribution in [0.2, 0.25) is 0 Å². The van der Waals surface area contributed by atoms with Crippen molar-refractivity contribution in [2.75, 3.05) is 13.2 Å². The summed E-state index contributed by atoms with van der Waals surface area (Å²) in [5.74, 6) is -0.735. The standard InChI is InChI=1S/C19H16N4O3S/c20-18(25)13-7-22-8-14(16(13)11-1-4-21-5-2-11)19-23-15(10-27-19)17(24)12-3-6-26-9-12/h1-2,4-5,7-8,10,12H,3,6,9H2,(H2,20,25)/t12-/m0/s1. The van der Waals surface area contributed by atoms with Crippen molar-refractivity contribution >= 4 is 23.0 Å². The Bertz CT molecular complexity index is 997. The largest absolute Gasteiger partial charge is 0.381 e. The van der Waals surface area contributed by atoms with E-state index in [9.17, 15) is 9.59 Å². The summed E-state index contributed by atoms with van der Waals surface area (Å²) >= 11 is 1.34. The van der Waals surface area contributed by atoms with E-state index in [1.165, 1.54) is 17.5 Å². The molecule has 0 spiro atoms. The Hall–Kier alpha value is -2.97. The minimum absolute atomic E-state index is 0.0144. The second-order valence-electron chi connectivity index (χ2n) is 6.17. The molecule has 0 radical (unpaired) electrons. The van der Waals surface area contributed by atoms with Gasteiger partial charge in [-0.3, -0.25) is 19.6 Å². The van der Waals surface area contributed by atoms with Crippen LogP contribution < -0.4 is 5.73 Å². The van der Waals surface area contributed by atoms with E-state index in [-0.39, 0.29) is 11.7 Å². The molecular weight excluding hydrogens is 364 g/mol. The lowest BCUT2D eigenvalue weighted by Crippen LogP contribution is -2.15. The summed E-state index contributed by atoms with van der Waals surface area (Å²) in [6, 6.07) is 3.58. The van der Waals surface area contributed by atoms with Gasteiger partial charge in [0.25, 0.3) is 5.91 Å². The van der Waals surface area contributed by atoms with Crippen molar-refractivity contribution in [2.24, 2.45) is 11.7 Å². The Morgan fingerprint density at radius 2 is 2.00 bits per heavy atom. The Morgan fingerprint density at radius 3 is 2.70 bits per heavy atom. The number of thiazole rings is 1. The van der Waals surface area contributed by atoms with Gasteiger partial charge in [0, 0.05) is 53.8 Å². The number of pyridine rings is 2. The van der Waals surface area contributed by atoms with Crippen LogP contribution in [0.3, 0.4) is 0 Å². The van der Waals surface area contributed by atoms with Gasteiger partial charge in [-0.25, -0.2) is 4.98 Å². The van der Waals surface area contributed by atoms with Crippen LogP contribution in [0, 0.1) is 5.92 Å². The second kappa shape index (κ2) is 7.34. The van der Waals surface area contributed by atoms with Crippen LogP contribution in [-0.2, 0) is 4.74 Å². The van der Waals surface area contributed by atoms with Crippen molar-refractivity contribution in [3.63, 3.8) is 0 Å². The van der Waals surface area contributed by atoms with E-state index in [1.54, 1.807) is 36.1 Å². The highest BCUT2D eigenvalue weighted by atomic mass is 32.1. The second-order valence-corrected chi connectivity index (χ2v) is 7.03. The fourth-order valence-corrected chi connectivity index (χ4v) is 3.93. The zero-order valence-electron chi connectivity index (χ0n) is 14.3. The Balaban J connectivity index is 1.79. The number of amides is 1. The number of primary amides is 1. The molecule has 1 amide bonds. The first-order chi connectivity index (χ1) is 13.1. The number of aromatic nitrogens is 3. The molecule has 1 aliphatic heterocycles. The van der Waals surface area contributed by atoms with Gasteiger partial charge in [-0.05, 0) is 24.1 Å². The predicted octanol–water partition coefficient (Wildman–Crippen LogP) is 2.59. The van der Waals surface area contributed by atoms with Crippen LogP contribution >= 0.6 is 11.3 Å². The van der Waals surface area contributed by atoms with E-state index in [1.807, 2.05) is 0 Å². The first-order valence-corrected chi connectivity index (χ1v) is 9.29. The fraction of sp³-hybridized carbons (Fsp3) is 0.211. The molecule has 0 unspecified atom stereocenters. The zero-order chi connectivity index (χ0) is 18.8. The van der Waals surface area contributed by atoms with Crippen LogP contribution in [0.4, 0.5) is 0 Å². The molecular formula is C19H16N4O3S. The molecule has 0 bridgehead atoms. The molecule has 3 aromatic rings. The molecule has 1 aliphatic rings. The molecule has 4 rings (SSSR count). The lowest BCUT2D eigenvalue weighted by molar-refractivity contribution is 0.0895. The van der Waals surface area contributed by atoms with Crippen LogP contribution in [0.15, 0.2) is 42.3 Å². The highest BCUT2D eigenvalue weighted by Crippen LogP contribution is 2.36. The van der Waals surface area contributed by atoms with Crippen molar-refractivity contribution < 1.29 is 14.3 Å². The Morgan fingerprint density at radius 1 is 1.19 bits per heavy atom. The van der Waals surface area contributed by atoms with E-state index in [0.717, 1.165) is 5.56 Å². The maximum absolute atomic E-state index is 12.6. The van der Waals surface area contributed by atoms with E-state index < -0.39 is 5.91 Å². The van der Waals surface area contributed by atoms with Crippen LogP contribution in [0.5, 0.6) is 0 Å². The number of Topliss-reactive ketones (excluding diaryl/α,β-unsaturated/α-hetero) is 1. The summed E-state index contributed by atoms with van der Waals surface area (Å²) in [5, 5.41) is 2.35. The molecule has 7 nitrogen and oxygen atoms in total. The van der Waals surface area contributed by atoms with Gasteiger partial charge in [0.15, 0.2) is 5.78 Å². The topological polar surface area (TPSA) is 108 Å². The molecule has 4 heterocycles. The van der Waals surface area contributed by atoms with Gasteiger partial charge in [-0.1, -0.05) is 0 Å². The van der Waals surface area contributed by atoms with E-state index in [0.29, 0.717) is 47.0 Å². The van der Waals surface area contributed by atoms with Crippen LogP contribution in [0.25, 0.3) is 21.7 Å². The molecule has 1 fully saturated rings. The minimum atomic E-state index is -0.577. The Labute approximate surface area is 159 Å². The average Bonchev–Trinajstić information content (AvgIpc) is 3.39. The number of ketones is 1. The zero-order valence-corrected chi connectivity index (χ0v) is 15.1. The molecule has 0 aromatic carbocycles. The van der Waals surface area contributed by atoms with Crippen molar-refractivity contribution in [3.8, 4) is 21.7 Å². The molecule has 1 atom stereocenters. The van der Waals surface area contributed by atoms with Crippen LogP contribution in [-0.4, -0.2) is 39.9 Å². The molecule has 3 aromatic heterocycles. The third-order valence-electron chi connectivity index (χ3n) is 4.47. The minimum Gasteiger partial charge on any atom is -0.381 e. The van der Waals surface area contributed by atoms with Crippen molar-refractivity contribution in [1.29, 1.82) is 0 Å². The number of nitrogens with zero attached hydrogens (tertiary/aromatic N) is 3. The SMILES string of the molecule is NC(=O)c1cncc(-c2nc(C(=O)[C@H]3CCOC3)cs2)c1-c1ccncc1. The molecule has 8 heteroatoms.